The predicted octanol–water partition coefficient (Wildman–Crippen LogP) is 5.19. The molecule has 0 spiro atoms. The zero-order chi connectivity index (χ0) is 22.5. The summed E-state index contributed by atoms with van der Waals surface area (Å²) in [5.41, 5.74) is 1.45. The molecule has 2 aromatic rings. The molecule has 0 aromatic heterocycles. The molecule has 1 amide bonds. The number of carbonyl (C=O) groups is 2. The lowest BCUT2D eigenvalue weighted by molar-refractivity contribution is -0.149. The number of rotatable bonds is 7. The lowest BCUT2D eigenvalue weighted by Crippen LogP contribution is -2.27. The van der Waals surface area contributed by atoms with Crippen LogP contribution < -0.4 is 14.4 Å². The minimum atomic E-state index is -0.460. The fourth-order valence-electron chi connectivity index (χ4n) is 2.76. The van der Waals surface area contributed by atoms with Crippen LogP contribution in [0.5, 0.6) is 11.5 Å². The number of hydrogen-bond donors (Lipinski definition) is 0. The molecule has 0 atom stereocenters. The third kappa shape index (κ3) is 5.87. The third-order valence-corrected chi connectivity index (χ3v) is 5.91. The van der Waals surface area contributed by atoms with Crippen molar-refractivity contribution in [3.63, 3.8) is 0 Å². The van der Waals surface area contributed by atoms with Crippen molar-refractivity contribution in [2.45, 2.75) is 20.0 Å². The predicted molar refractivity (Wildman–Crippen MR) is 130 cm³/mol. The highest BCUT2D eigenvalue weighted by Gasteiger charge is 2.33. The van der Waals surface area contributed by atoms with Crippen LogP contribution in [0.3, 0.4) is 0 Å². The van der Waals surface area contributed by atoms with Crippen LogP contribution in [0.1, 0.15) is 19.4 Å². The van der Waals surface area contributed by atoms with E-state index < -0.39 is 5.97 Å². The highest BCUT2D eigenvalue weighted by molar-refractivity contribution is 9.10. The maximum atomic E-state index is 12.9. The number of carbonyl (C=O) groups excluding carboxylic acids is 2. The number of benzene rings is 2. The topological polar surface area (TPSA) is 65.1 Å². The molecule has 1 saturated heterocycles. The van der Waals surface area contributed by atoms with Crippen molar-refractivity contribution in [2.24, 2.45) is 0 Å². The Morgan fingerprint density at radius 3 is 2.55 bits per heavy atom. The van der Waals surface area contributed by atoms with Crippen LogP contribution in [0, 0.1) is 0 Å². The van der Waals surface area contributed by atoms with Gasteiger partial charge in [0, 0.05) is 4.47 Å². The van der Waals surface area contributed by atoms with Gasteiger partial charge in [-0.1, -0.05) is 46.0 Å². The summed E-state index contributed by atoms with van der Waals surface area (Å²) in [6.45, 7) is 3.32. The van der Waals surface area contributed by atoms with Gasteiger partial charge in [-0.3, -0.25) is 9.69 Å². The van der Waals surface area contributed by atoms with E-state index in [-0.39, 0.29) is 18.6 Å². The Kier molecular flexibility index (Phi) is 7.74. The molecule has 31 heavy (non-hydrogen) atoms. The number of esters is 1. The largest absolute Gasteiger partial charge is 0.493 e. The molecular weight excluding hydrogens is 502 g/mol. The summed E-state index contributed by atoms with van der Waals surface area (Å²) in [5.74, 6) is 0.197. The van der Waals surface area contributed by atoms with Crippen LogP contribution in [0.25, 0.3) is 6.08 Å². The van der Waals surface area contributed by atoms with Gasteiger partial charge in [-0.15, -0.1) is 0 Å². The molecule has 0 saturated carbocycles. The Balaban J connectivity index is 1.77. The van der Waals surface area contributed by atoms with Gasteiger partial charge in [-0.25, -0.2) is 4.79 Å². The second-order valence-electron chi connectivity index (χ2n) is 6.73. The molecule has 0 unspecified atom stereocenters. The van der Waals surface area contributed by atoms with Crippen molar-refractivity contribution >= 4 is 67.9 Å². The zero-order valence-electron chi connectivity index (χ0n) is 17.1. The van der Waals surface area contributed by atoms with E-state index in [1.807, 2.05) is 24.3 Å². The summed E-state index contributed by atoms with van der Waals surface area (Å²) in [4.78, 5) is 26.6. The second-order valence-corrected chi connectivity index (χ2v) is 9.32. The standard InChI is InChI=1S/C22H20BrNO5S2/c1-13(2)29-20(25)12-28-17-9-4-14(10-18(17)27-3)11-19-21(26)24(22(30)31-19)16-7-5-15(23)6-8-16/h4-11,13H,12H2,1-3H3/b19-11-. The number of nitrogens with zero attached hydrogens (tertiary/aromatic N) is 1. The summed E-state index contributed by atoms with van der Waals surface area (Å²) in [6.07, 6.45) is 1.54. The number of thiocarbonyl (C=S) groups is 1. The summed E-state index contributed by atoms with van der Waals surface area (Å²) < 4.78 is 17.3. The van der Waals surface area contributed by atoms with E-state index in [9.17, 15) is 9.59 Å². The van der Waals surface area contributed by atoms with Crippen LogP contribution in [0.2, 0.25) is 0 Å². The molecule has 2 aromatic carbocycles. The maximum absolute atomic E-state index is 12.9. The van der Waals surface area contributed by atoms with Crippen molar-refractivity contribution < 1.29 is 23.8 Å². The molecule has 0 N–H and O–H groups in total. The van der Waals surface area contributed by atoms with Gasteiger partial charge in [0.15, 0.2) is 22.4 Å². The molecular formula is C22H20BrNO5S2. The number of amides is 1. The Morgan fingerprint density at radius 2 is 1.90 bits per heavy atom. The Hall–Kier alpha value is -2.36. The number of ether oxygens (including phenoxy) is 3. The molecule has 0 aliphatic carbocycles. The average molecular weight is 522 g/mol. The minimum Gasteiger partial charge on any atom is -0.493 e. The Bertz CT molecular complexity index is 1040. The van der Waals surface area contributed by atoms with Crippen LogP contribution in [-0.4, -0.2) is 36.0 Å². The molecule has 9 heteroatoms. The van der Waals surface area contributed by atoms with Crippen LogP contribution in [-0.2, 0) is 14.3 Å². The quantitative estimate of drug-likeness (QED) is 0.282. The summed E-state index contributed by atoms with van der Waals surface area (Å²) in [7, 11) is 1.51. The van der Waals surface area contributed by atoms with Gasteiger partial charge in [-0.05, 0) is 61.9 Å². The SMILES string of the molecule is COc1cc(/C=C2\SC(=S)N(c3ccc(Br)cc3)C2=O)ccc1OCC(=O)OC(C)C. The van der Waals surface area contributed by atoms with Gasteiger partial charge in [0.25, 0.3) is 5.91 Å². The molecule has 1 aliphatic heterocycles. The number of methoxy groups -OCH3 is 1. The van der Waals surface area contributed by atoms with Gasteiger partial charge >= 0.3 is 5.97 Å². The zero-order valence-corrected chi connectivity index (χ0v) is 20.3. The first-order valence-corrected chi connectivity index (χ1v) is 11.3. The van der Waals surface area contributed by atoms with Crippen molar-refractivity contribution in [3.05, 3.63) is 57.4 Å². The van der Waals surface area contributed by atoms with E-state index in [0.29, 0.717) is 26.4 Å². The maximum Gasteiger partial charge on any atom is 0.344 e. The van der Waals surface area contributed by atoms with Crippen molar-refractivity contribution in [1.29, 1.82) is 0 Å². The third-order valence-electron chi connectivity index (χ3n) is 4.08. The Morgan fingerprint density at radius 1 is 1.19 bits per heavy atom. The van der Waals surface area contributed by atoms with Gasteiger partial charge < -0.3 is 14.2 Å². The molecule has 6 nitrogen and oxygen atoms in total. The van der Waals surface area contributed by atoms with Gasteiger partial charge in [0.05, 0.1) is 23.8 Å². The summed E-state index contributed by atoms with van der Waals surface area (Å²) in [5, 5.41) is 0. The molecule has 1 heterocycles. The lowest BCUT2D eigenvalue weighted by atomic mass is 10.2. The fraction of sp³-hybridized carbons (Fsp3) is 0.227. The Labute approximate surface area is 198 Å². The molecule has 3 rings (SSSR count). The normalized spacial score (nSPS) is 15.0. The monoisotopic (exact) mass is 521 g/mol. The fourth-order valence-corrected chi connectivity index (χ4v) is 4.32. The minimum absolute atomic E-state index is 0.187. The van der Waals surface area contributed by atoms with Crippen molar-refractivity contribution in [2.75, 3.05) is 18.6 Å². The lowest BCUT2D eigenvalue weighted by Gasteiger charge is -2.14. The van der Waals surface area contributed by atoms with Gasteiger partial charge in [-0.2, -0.15) is 0 Å². The molecule has 0 radical (unpaired) electrons. The first-order chi connectivity index (χ1) is 14.8. The summed E-state index contributed by atoms with van der Waals surface area (Å²) in [6, 6.07) is 12.6. The first-order valence-electron chi connectivity index (χ1n) is 9.32. The van der Waals surface area contributed by atoms with Gasteiger partial charge in [0.1, 0.15) is 0 Å². The molecule has 1 fully saturated rings. The highest BCUT2D eigenvalue weighted by Crippen LogP contribution is 2.37. The van der Waals surface area contributed by atoms with Crippen LogP contribution in [0.4, 0.5) is 5.69 Å². The van der Waals surface area contributed by atoms with E-state index >= 15 is 0 Å². The van der Waals surface area contributed by atoms with Crippen LogP contribution >= 0.6 is 39.9 Å². The number of thioether (sulfide) groups is 1. The van der Waals surface area contributed by atoms with E-state index in [1.54, 1.807) is 38.1 Å². The van der Waals surface area contributed by atoms with Crippen molar-refractivity contribution in [3.8, 4) is 11.5 Å². The molecule has 162 valence electrons. The number of halogens is 1. The molecule has 0 bridgehead atoms. The van der Waals surface area contributed by atoms with Crippen LogP contribution in [0.15, 0.2) is 51.8 Å². The molecule has 1 aliphatic rings. The second kappa shape index (κ2) is 10.3. The van der Waals surface area contributed by atoms with Crippen molar-refractivity contribution in [1.82, 2.24) is 0 Å². The smallest absolute Gasteiger partial charge is 0.344 e. The summed E-state index contributed by atoms with van der Waals surface area (Å²) >= 11 is 10.0. The average Bonchev–Trinajstić information content (AvgIpc) is 3.00. The van der Waals surface area contributed by atoms with E-state index in [1.165, 1.54) is 23.8 Å². The van der Waals surface area contributed by atoms with E-state index in [0.717, 1.165) is 10.0 Å². The number of hydrogen-bond acceptors (Lipinski definition) is 7. The first kappa shape index (κ1) is 23.3. The highest BCUT2D eigenvalue weighted by atomic mass is 79.9. The van der Waals surface area contributed by atoms with Gasteiger partial charge in [0.2, 0.25) is 0 Å². The number of anilines is 1. The van der Waals surface area contributed by atoms with E-state index in [4.69, 9.17) is 26.4 Å². The van der Waals surface area contributed by atoms with E-state index in [2.05, 4.69) is 15.9 Å².